The summed E-state index contributed by atoms with van der Waals surface area (Å²) in [7, 11) is 1.91. The van der Waals surface area contributed by atoms with Crippen LogP contribution >= 0.6 is 0 Å². The van der Waals surface area contributed by atoms with Crippen molar-refractivity contribution in [1.29, 1.82) is 5.26 Å². The molecular formula is C16H16N2O. The monoisotopic (exact) mass is 252 g/mol. The highest BCUT2D eigenvalue weighted by Gasteiger charge is 2.02. The maximum Gasteiger partial charge on any atom is 0.124 e. The van der Waals surface area contributed by atoms with Crippen molar-refractivity contribution >= 4 is 0 Å². The Morgan fingerprint density at radius 3 is 2.79 bits per heavy atom. The molecule has 3 heteroatoms. The minimum atomic E-state index is 0.468. The van der Waals surface area contributed by atoms with Gasteiger partial charge in [-0.25, -0.2) is 0 Å². The molecule has 0 saturated carbocycles. The minimum Gasteiger partial charge on any atom is -0.489 e. The number of para-hydroxylation sites is 1. The van der Waals surface area contributed by atoms with Gasteiger partial charge >= 0.3 is 0 Å². The van der Waals surface area contributed by atoms with Gasteiger partial charge < -0.3 is 10.1 Å². The van der Waals surface area contributed by atoms with Crippen LogP contribution < -0.4 is 10.1 Å². The Bertz CT molecular complexity index is 587. The highest BCUT2D eigenvalue weighted by atomic mass is 16.5. The fraction of sp³-hybridized carbons (Fsp3) is 0.188. The van der Waals surface area contributed by atoms with Gasteiger partial charge in [0.2, 0.25) is 0 Å². The van der Waals surface area contributed by atoms with E-state index in [0.29, 0.717) is 12.2 Å². The first-order valence-corrected chi connectivity index (χ1v) is 6.18. The van der Waals surface area contributed by atoms with Crippen molar-refractivity contribution in [3.8, 4) is 11.8 Å². The zero-order valence-corrected chi connectivity index (χ0v) is 10.9. The second kappa shape index (κ2) is 6.58. The van der Waals surface area contributed by atoms with Gasteiger partial charge in [0.1, 0.15) is 12.4 Å². The van der Waals surface area contributed by atoms with Crippen LogP contribution in [0.4, 0.5) is 0 Å². The van der Waals surface area contributed by atoms with Gasteiger partial charge in [-0.3, -0.25) is 0 Å². The first-order valence-electron chi connectivity index (χ1n) is 6.18. The second-order valence-corrected chi connectivity index (χ2v) is 4.24. The van der Waals surface area contributed by atoms with Crippen LogP contribution in [-0.2, 0) is 13.2 Å². The van der Waals surface area contributed by atoms with Crippen molar-refractivity contribution in [2.75, 3.05) is 7.05 Å². The van der Waals surface area contributed by atoms with E-state index in [-0.39, 0.29) is 0 Å². The molecule has 3 nitrogen and oxygen atoms in total. The number of nitrogens with one attached hydrogen (secondary N) is 1. The number of benzene rings is 2. The Morgan fingerprint density at radius 2 is 2.00 bits per heavy atom. The maximum atomic E-state index is 8.86. The van der Waals surface area contributed by atoms with Gasteiger partial charge in [-0.05, 0) is 30.8 Å². The van der Waals surface area contributed by atoms with E-state index < -0.39 is 0 Å². The fourth-order valence-electron chi connectivity index (χ4n) is 1.87. The van der Waals surface area contributed by atoms with Gasteiger partial charge in [-0.1, -0.05) is 30.3 Å². The summed E-state index contributed by atoms with van der Waals surface area (Å²) in [6.07, 6.45) is 0. The molecule has 0 atom stereocenters. The summed E-state index contributed by atoms with van der Waals surface area (Å²) >= 11 is 0. The molecule has 0 aliphatic rings. The third-order valence-corrected chi connectivity index (χ3v) is 2.79. The van der Waals surface area contributed by atoms with E-state index in [2.05, 4.69) is 11.4 Å². The average molecular weight is 252 g/mol. The molecule has 2 aromatic rings. The van der Waals surface area contributed by atoms with Crippen LogP contribution in [-0.4, -0.2) is 7.05 Å². The Labute approximate surface area is 113 Å². The van der Waals surface area contributed by atoms with Crippen molar-refractivity contribution in [2.45, 2.75) is 13.2 Å². The van der Waals surface area contributed by atoms with Crippen LogP contribution in [0.5, 0.6) is 5.75 Å². The number of nitriles is 1. The van der Waals surface area contributed by atoms with Gasteiger partial charge in [0.25, 0.3) is 0 Å². The first-order chi connectivity index (χ1) is 9.33. The van der Waals surface area contributed by atoms with Gasteiger partial charge in [-0.15, -0.1) is 0 Å². The van der Waals surface area contributed by atoms with Crippen LogP contribution in [0.1, 0.15) is 16.7 Å². The summed E-state index contributed by atoms with van der Waals surface area (Å²) < 4.78 is 5.83. The molecule has 0 saturated heterocycles. The summed E-state index contributed by atoms with van der Waals surface area (Å²) in [5, 5.41) is 12.0. The Balaban J connectivity index is 2.08. The lowest BCUT2D eigenvalue weighted by atomic mass is 10.1. The topological polar surface area (TPSA) is 45.0 Å². The standard InChI is InChI=1S/C16H16N2O/c1-18-11-15-7-2-3-8-16(15)19-12-14-6-4-5-13(9-14)10-17/h2-9,18H,11-12H2,1H3. The van der Waals surface area contributed by atoms with Crippen molar-refractivity contribution in [1.82, 2.24) is 5.32 Å². The molecule has 0 unspecified atom stereocenters. The van der Waals surface area contributed by atoms with E-state index in [1.807, 2.05) is 49.5 Å². The fourth-order valence-corrected chi connectivity index (χ4v) is 1.87. The highest BCUT2D eigenvalue weighted by Crippen LogP contribution is 2.19. The number of hydrogen-bond donors (Lipinski definition) is 1. The highest BCUT2D eigenvalue weighted by molar-refractivity contribution is 5.35. The normalized spacial score (nSPS) is 9.89. The molecule has 0 aromatic heterocycles. The zero-order valence-electron chi connectivity index (χ0n) is 10.9. The van der Waals surface area contributed by atoms with Gasteiger partial charge in [0.05, 0.1) is 11.6 Å². The van der Waals surface area contributed by atoms with Gasteiger partial charge in [-0.2, -0.15) is 5.26 Å². The lowest BCUT2D eigenvalue weighted by Gasteiger charge is -2.11. The summed E-state index contributed by atoms with van der Waals surface area (Å²) in [5.74, 6) is 0.874. The number of ether oxygens (including phenoxy) is 1. The Morgan fingerprint density at radius 1 is 1.16 bits per heavy atom. The van der Waals surface area contributed by atoms with Crippen molar-refractivity contribution in [3.63, 3.8) is 0 Å². The second-order valence-electron chi connectivity index (χ2n) is 4.24. The molecule has 96 valence electrons. The number of hydrogen-bond acceptors (Lipinski definition) is 3. The molecule has 2 aromatic carbocycles. The lowest BCUT2D eigenvalue weighted by molar-refractivity contribution is 0.302. The molecule has 0 heterocycles. The third kappa shape index (κ3) is 3.57. The molecule has 0 fully saturated rings. The van der Waals surface area contributed by atoms with Gasteiger partial charge in [0.15, 0.2) is 0 Å². The van der Waals surface area contributed by atoms with Crippen LogP contribution in [0, 0.1) is 11.3 Å². The molecule has 0 aliphatic carbocycles. The maximum absolute atomic E-state index is 8.86. The summed E-state index contributed by atoms with van der Waals surface area (Å²) in [6.45, 7) is 1.24. The molecule has 0 bridgehead atoms. The van der Waals surface area contributed by atoms with E-state index in [4.69, 9.17) is 10.00 Å². The lowest BCUT2D eigenvalue weighted by Crippen LogP contribution is -2.07. The minimum absolute atomic E-state index is 0.468. The van der Waals surface area contributed by atoms with Crippen molar-refractivity contribution in [3.05, 3.63) is 65.2 Å². The van der Waals surface area contributed by atoms with E-state index in [1.54, 1.807) is 6.07 Å². The van der Waals surface area contributed by atoms with E-state index >= 15 is 0 Å². The van der Waals surface area contributed by atoms with Crippen molar-refractivity contribution < 1.29 is 4.74 Å². The van der Waals surface area contributed by atoms with Crippen LogP contribution in [0.15, 0.2) is 48.5 Å². The molecule has 0 aliphatic heterocycles. The van der Waals surface area contributed by atoms with E-state index in [9.17, 15) is 0 Å². The SMILES string of the molecule is CNCc1ccccc1OCc1cccc(C#N)c1. The molecule has 0 spiro atoms. The molecule has 0 amide bonds. The van der Waals surface area contributed by atoms with Crippen LogP contribution in [0.25, 0.3) is 0 Å². The molecular weight excluding hydrogens is 236 g/mol. The number of nitrogens with zero attached hydrogens (tertiary/aromatic N) is 1. The summed E-state index contributed by atoms with van der Waals surface area (Å²) in [6, 6.07) is 17.6. The van der Waals surface area contributed by atoms with E-state index in [0.717, 1.165) is 23.4 Å². The Hall–Kier alpha value is -2.31. The third-order valence-electron chi connectivity index (χ3n) is 2.79. The number of rotatable bonds is 5. The summed E-state index contributed by atoms with van der Waals surface area (Å²) in [5.41, 5.74) is 2.78. The smallest absolute Gasteiger partial charge is 0.124 e. The van der Waals surface area contributed by atoms with E-state index in [1.165, 1.54) is 0 Å². The predicted octanol–water partition coefficient (Wildman–Crippen LogP) is 2.86. The molecule has 1 N–H and O–H groups in total. The molecule has 0 radical (unpaired) electrons. The predicted molar refractivity (Wildman–Crippen MR) is 74.7 cm³/mol. The quantitative estimate of drug-likeness (QED) is 0.890. The van der Waals surface area contributed by atoms with Crippen molar-refractivity contribution in [2.24, 2.45) is 0 Å². The largest absolute Gasteiger partial charge is 0.489 e. The zero-order chi connectivity index (χ0) is 13.5. The Kier molecular flexibility index (Phi) is 4.54. The average Bonchev–Trinajstić information content (AvgIpc) is 2.47. The summed E-state index contributed by atoms with van der Waals surface area (Å²) in [4.78, 5) is 0. The van der Waals surface area contributed by atoms with Gasteiger partial charge in [0, 0.05) is 12.1 Å². The molecule has 2 rings (SSSR count). The van der Waals surface area contributed by atoms with Crippen LogP contribution in [0.2, 0.25) is 0 Å². The first kappa shape index (κ1) is 13.1. The molecule has 19 heavy (non-hydrogen) atoms. The van der Waals surface area contributed by atoms with Crippen LogP contribution in [0.3, 0.4) is 0 Å².